The Labute approximate surface area is 142 Å². The molecule has 3 rings (SSSR count). The molecule has 0 unspecified atom stereocenters. The SMILES string of the molecule is Cc1cc(C)cc(-c2nnc(SCc3c(F)cccc3Cl)o2)c1. The summed E-state index contributed by atoms with van der Waals surface area (Å²) in [6, 6.07) is 10.7. The maximum absolute atomic E-state index is 13.7. The van der Waals surface area contributed by atoms with E-state index in [4.69, 9.17) is 16.0 Å². The van der Waals surface area contributed by atoms with E-state index in [-0.39, 0.29) is 5.82 Å². The second-order valence-electron chi connectivity index (χ2n) is 5.24. The maximum Gasteiger partial charge on any atom is 0.277 e. The smallest absolute Gasteiger partial charge is 0.277 e. The number of halogens is 2. The van der Waals surface area contributed by atoms with E-state index in [9.17, 15) is 4.39 Å². The fourth-order valence-corrected chi connectivity index (χ4v) is 3.39. The molecule has 0 spiro atoms. The lowest BCUT2D eigenvalue weighted by molar-refractivity contribution is 0.465. The minimum Gasteiger partial charge on any atom is -0.411 e. The highest BCUT2D eigenvalue weighted by atomic mass is 35.5. The summed E-state index contributed by atoms with van der Waals surface area (Å²) in [5.74, 6) is 0.456. The van der Waals surface area contributed by atoms with Crippen molar-refractivity contribution in [3.05, 3.63) is 63.9 Å². The highest BCUT2D eigenvalue weighted by Crippen LogP contribution is 2.30. The van der Waals surface area contributed by atoms with Crippen molar-refractivity contribution in [3.63, 3.8) is 0 Å². The molecule has 0 bridgehead atoms. The third-order valence-corrected chi connectivity index (χ3v) is 4.48. The molecular weight excluding hydrogens is 335 g/mol. The summed E-state index contributed by atoms with van der Waals surface area (Å²) in [4.78, 5) is 0. The highest BCUT2D eigenvalue weighted by Gasteiger charge is 2.13. The summed E-state index contributed by atoms with van der Waals surface area (Å²) in [6.07, 6.45) is 0. The Hall–Kier alpha value is -1.85. The monoisotopic (exact) mass is 348 g/mol. The second kappa shape index (κ2) is 6.72. The molecular formula is C17H14ClFN2OS. The molecule has 118 valence electrons. The lowest BCUT2D eigenvalue weighted by Crippen LogP contribution is -1.88. The van der Waals surface area contributed by atoms with Crippen molar-refractivity contribution in [1.82, 2.24) is 10.2 Å². The Morgan fingerprint density at radius 2 is 1.87 bits per heavy atom. The lowest BCUT2D eigenvalue weighted by Gasteiger charge is -2.03. The van der Waals surface area contributed by atoms with Crippen LogP contribution in [0.5, 0.6) is 0 Å². The van der Waals surface area contributed by atoms with Gasteiger partial charge in [-0.3, -0.25) is 0 Å². The van der Waals surface area contributed by atoms with Crippen LogP contribution in [0.15, 0.2) is 46.0 Å². The normalized spacial score (nSPS) is 11.0. The van der Waals surface area contributed by atoms with Gasteiger partial charge in [-0.05, 0) is 38.1 Å². The average Bonchev–Trinajstić information content (AvgIpc) is 2.95. The van der Waals surface area contributed by atoms with Crippen molar-refractivity contribution in [3.8, 4) is 11.5 Å². The Morgan fingerprint density at radius 3 is 2.57 bits per heavy atom. The molecule has 0 N–H and O–H groups in total. The molecule has 3 nitrogen and oxygen atoms in total. The zero-order valence-electron chi connectivity index (χ0n) is 12.6. The zero-order valence-corrected chi connectivity index (χ0v) is 14.2. The Kier molecular flexibility index (Phi) is 4.68. The summed E-state index contributed by atoms with van der Waals surface area (Å²) in [7, 11) is 0. The molecule has 1 aromatic heterocycles. The fraction of sp³-hybridized carbons (Fsp3) is 0.176. The molecule has 23 heavy (non-hydrogen) atoms. The van der Waals surface area contributed by atoms with Gasteiger partial charge in [0, 0.05) is 21.9 Å². The van der Waals surface area contributed by atoms with E-state index in [0.717, 1.165) is 16.7 Å². The van der Waals surface area contributed by atoms with Gasteiger partial charge in [-0.25, -0.2) is 4.39 Å². The van der Waals surface area contributed by atoms with Gasteiger partial charge < -0.3 is 4.42 Å². The number of aromatic nitrogens is 2. The van der Waals surface area contributed by atoms with Crippen molar-refractivity contribution in [1.29, 1.82) is 0 Å². The first-order valence-electron chi connectivity index (χ1n) is 7.01. The summed E-state index contributed by atoms with van der Waals surface area (Å²) >= 11 is 7.27. The van der Waals surface area contributed by atoms with Crippen LogP contribution in [0, 0.1) is 19.7 Å². The molecule has 6 heteroatoms. The van der Waals surface area contributed by atoms with Gasteiger partial charge in [-0.1, -0.05) is 46.6 Å². The first-order chi connectivity index (χ1) is 11.0. The number of hydrogen-bond acceptors (Lipinski definition) is 4. The van der Waals surface area contributed by atoms with Gasteiger partial charge >= 0.3 is 0 Å². The second-order valence-corrected chi connectivity index (χ2v) is 6.57. The van der Waals surface area contributed by atoms with Crippen LogP contribution in [-0.4, -0.2) is 10.2 Å². The molecule has 0 aliphatic rings. The third-order valence-electron chi connectivity index (χ3n) is 3.28. The van der Waals surface area contributed by atoms with Crippen molar-refractivity contribution in [2.24, 2.45) is 0 Å². The molecule has 0 aliphatic heterocycles. The maximum atomic E-state index is 13.7. The van der Waals surface area contributed by atoms with E-state index < -0.39 is 0 Å². The Bertz CT molecular complexity index is 810. The number of rotatable bonds is 4. The molecule has 0 aliphatic carbocycles. The van der Waals surface area contributed by atoms with Gasteiger partial charge in [-0.2, -0.15) is 0 Å². The van der Waals surface area contributed by atoms with Crippen LogP contribution >= 0.6 is 23.4 Å². The first kappa shape index (κ1) is 16.0. The summed E-state index contributed by atoms with van der Waals surface area (Å²) in [5, 5.41) is 8.85. The zero-order chi connectivity index (χ0) is 16.4. The molecule has 0 saturated heterocycles. The average molecular weight is 349 g/mol. The molecule has 0 fully saturated rings. The van der Waals surface area contributed by atoms with Crippen LogP contribution in [-0.2, 0) is 5.75 Å². The van der Waals surface area contributed by atoms with Crippen molar-refractivity contribution >= 4 is 23.4 Å². The van der Waals surface area contributed by atoms with Crippen LogP contribution < -0.4 is 0 Å². The van der Waals surface area contributed by atoms with Crippen LogP contribution in [0.25, 0.3) is 11.5 Å². The fourth-order valence-electron chi connectivity index (χ4n) is 2.29. The minimum atomic E-state index is -0.334. The van der Waals surface area contributed by atoms with Gasteiger partial charge in [0.05, 0.1) is 0 Å². The van der Waals surface area contributed by atoms with Crippen molar-refractivity contribution in [2.75, 3.05) is 0 Å². The molecule has 1 heterocycles. The summed E-state index contributed by atoms with van der Waals surface area (Å²) < 4.78 is 19.4. The minimum absolute atomic E-state index is 0.333. The first-order valence-corrected chi connectivity index (χ1v) is 8.37. The number of thioether (sulfide) groups is 1. The van der Waals surface area contributed by atoms with E-state index in [1.807, 2.05) is 26.0 Å². The molecule has 0 atom stereocenters. The van der Waals surface area contributed by atoms with Crippen LogP contribution in [0.3, 0.4) is 0 Å². The van der Waals surface area contributed by atoms with Crippen LogP contribution in [0.1, 0.15) is 16.7 Å². The van der Waals surface area contributed by atoms with E-state index in [2.05, 4.69) is 16.3 Å². The molecule has 0 amide bonds. The summed E-state index contributed by atoms with van der Waals surface area (Å²) in [5.41, 5.74) is 3.58. The van der Waals surface area contributed by atoms with E-state index in [1.165, 1.54) is 17.8 Å². The van der Waals surface area contributed by atoms with Crippen molar-refractivity contribution < 1.29 is 8.81 Å². The molecule has 3 aromatic rings. The lowest BCUT2D eigenvalue weighted by atomic mass is 10.1. The van der Waals surface area contributed by atoms with E-state index in [0.29, 0.717) is 27.5 Å². The molecule has 0 saturated carbocycles. The summed E-state index contributed by atoms with van der Waals surface area (Å²) in [6.45, 7) is 4.03. The third kappa shape index (κ3) is 3.74. The number of benzene rings is 2. The van der Waals surface area contributed by atoms with Crippen molar-refractivity contribution in [2.45, 2.75) is 24.8 Å². The topological polar surface area (TPSA) is 38.9 Å². The molecule has 0 radical (unpaired) electrons. The van der Waals surface area contributed by atoms with Gasteiger partial charge in [-0.15, -0.1) is 10.2 Å². The van der Waals surface area contributed by atoms with Gasteiger partial charge in [0.15, 0.2) is 0 Å². The predicted molar refractivity (Wildman–Crippen MR) is 90.2 cm³/mol. The quantitative estimate of drug-likeness (QED) is 0.588. The number of hydrogen-bond donors (Lipinski definition) is 0. The number of aryl methyl sites for hydroxylation is 2. The van der Waals surface area contributed by atoms with Crippen LogP contribution in [0.2, 0.25) is 5.02 Å². The molecule has 2 aromatic carbocycles. The van der Waals surface area contributed by atoms with Gasteiger partial charge in [0.2, 0.25) is 5.89 Å². The van der Waals surface area contributed by atoms with Crippen LogP contribution in [0.4, 0.5) is 4.39 Å². The standard InChI is InChI=1S/C17H14ClFN2OS/c1-10-6-11(2)8-12(7-10)16-20-21-17(22-16)23-9-13-14(18)4-3-5-15(13)19/h3-8H,9H2,1-2H3. The Morgan fingerprint density at radius 1 is 1.13 bits per heavy atom. The van der Waals surface area contributed by atoms with Gasteiger partial charge in [0.25, 0.3) is 5.22 Å². The van der Waals surface area contributed by atoms with Gasteiger partial charge in [0.1, 0.15) is 5.82 Å². The highest BCUT2D eigenvalue weighted by molar-refractivity contribution is 7.98. The number of nitrogens with zero attached hydrogens (tertiary/aromatic N) is 2. The van der Waals surface area contributed by atoms with E-state index in [1.54, 1.807) is 12.1 Å². The largest absolute Gasteiger partial charge is 0.411 e. The predicted octanol–water partition coefficient (Wildman–Crippen LogP) is 5.44. The van der Waals surface area contributed by atoms with E-state index >= 15 is 0 Å². The Balaban J connectivity index is 1.77.